The summed E-state index contributed by atoms with van der Waals surface area (Å²) in [6.45, 7) is 3.52. The van der Waals surface area contributed by atoms with Crippen LogP contribution in [0, 0.1) is 5.92 Å². The van der Waals surface area contributed by atoms with Gasteiger partial charge in [-0.2, -0.15) is 0 Å². The van der Waals surface area contributed by atoms with Crippen molar-refractivity contribution in [3.05, 3.63) is 24.3 Å². The van der Waals surface area contributed by atoms with Gasteiger partial charge in [0.2, 0.25) is 11.8 Å². The Morgan fingerprint density at radius 1 is 1.21 bits per heavy atom. The zero-order valence-corrected chi connectivity index (χ0v) is 17.5. The molecule has 29 heavy (non-hydrogen) atoms. The van der Waals surface area contributed by atoms with Gasteiger partial charge in [0.15, 0.2) is 0 Å². The molecule has 1 saturated carbocycles. The van der Waals surface area contributed by atoms with E-state index in [0.717, 1.165) is 19.4 Å². The zero-order chi connectivity index (χ0) is 21.2. The summed E-state index contributed by atoms with van der Waals surface area (Å²) in [7, 11) is 3.16. The SMILES string of the molecule is CCOC(=O)CCN(CC(=O)N(C)CC(=O)Nc1cccc(OC)c1)CC1CC1. The van der Waals surface area contributed by atoms with Gasteiger partial charge in [-0.05, 0) is 37.8 Å². The third-order valence-corrected chi connectivity index (χ3v) is 4.67. The van der Waals surface area contributed by atoms with Crippen LogP contribution >= 0.6 is 0 Å². The number of carbonyl (C=O) groups is 3. The number of amides is 2. The van der Waals surface area contributed by atoms with E-state index in [1.807, 2.05) is 4.90 Å². The van der Waals surface area contributed by atoms with Gasteiger partial charge in [0.05, 0.1) is 33.2 Å². The van der Waals surface area contributed by atoms with Gasteiger partial charge in [0.1, 0.15) is 5.75 Å². The topological polar surface area (TPSA) is 88.2 Å². The predicted molar refractivity (Wildman–Crippen MR) is 110 cm³/mol. The maximum atomic E-state index is 12.6. The fourth-order valence-corrected chi connectivity index (χ4v) is 2.90. The highest BCUT2D eigenvalue weighted by Crippen LogP contribution is 2.29. The van der Waals surface area contributed by atoms with E-state index in [1.54, 1.807) is 45.3 Å². The molecule has 0 atom stereocenters. The molecule has 160 valence electrons. The summed E-state index contributed by atoms with van der Waals surface area (Å²) >= 11 is 0. The normalized spacial score (nSPS) is 13.1. The number of methoxy groups -OCH3 is 1. The van der Waals surface area contributed by atoms with Crippen LogP contribution in [0.4, 0.5) is 5.69 Å². The summed E-state index contributed by atoms with van der Waals surface area (Å²) < 4.78 is 10.1. The van der Waals surface area contributed by atoms with Crippen molar-refractivity contribution >= 4 is 23.5 Å². The average Bonchev–Trinajstić information content (AvgIpc) is 3.50. The molecule has 1 aliphatic carbocycles. The summed E-state index contributed by atoms with van der Waals surface area (Å²) in [6.07, 6.45) is 2.57. The van der Waals surface area contributed by atoms with E-state index in [9.17, 15) is 14.4 Å². The number of anilines is 1. The van der Waals surface area contributed by atoms with Crippen molar-refractivity contribution in [1.29, 1.82) is 0 Å². The smallest absolute Gasteiger partial charge is 0.307 e. The Kier molecular flexibility index (Phi) is 8.92. The van der Waals surface area contributed by atoms with Gasteiger partial charge in [-0.15, -0.1) is 0 Å². The van der Waals surface area contributed by atoms with Gasteiger partial charge in [-0.1, -0.05) is 6.07 Å². The van der Waals surface area contributed by atoms with Crippen LogP contribution in [-0.4, -0.2) is 74.5 Å². The molecule has 1 aromatic carbocycles. The summed E-state index contributed by atoms with van der Waals surface area (Å²) in [5.41, 5.74) is 0.611. The van der Waals surface area contributed by atoms with Crippen molar-refractivity contribution in [2.45, 2.75) is 26.2 Å². The lowest BCUT2D eigenvalue weighted by Crippen LogP contribution is -2.43. The van der Waals surface area contributed by atoms with E-state index in [-0.39, 0.29) is 37.3 Å². The molecule has 2 rings (SSSR count). The van der Waals surface area contributed by atoms with Gasteiger partial charge in [-0.25, -0.2) is 0 Å². The lowest BCUT2D eigenvalue weighted by molar-refractivity contribution is -0.144. The number of nitrogens with zero attached hydrogens (tertiary/aromatic N) is 2. The lowest BCUT2D eigenvalue weighted by atomic mass is 10.3. The minimum Gasteiger partial charge on any atom is -0.497 e. The van der Waals surface area contributed by atoms with Crippen LogP contribution in [-0.2, 0) is 19.1 Å². The number of hydrogen-bond acceptors (Lipinski definition) is 6. The molecular weight excluding hydrogens is 374 g/mol. The number of benzene rings is 1. The Morgan fingerprint density at radius 3 is 2.62 bits per heavy atom. The molecule has 0 heterocycles. The van der Waals surface area contributed by atoms with E-state index in [0.29, 0.717) is 30.5 Å². The van der Waals surface area contributed by atoms with Crippen LogP contribution in [0.15, 0.2) is 24.3 Å². The first-order valence-corrected chi connectivity index (χ1v) is 9.97. The molecule has 8 heteroatoms. The molecule has 0 aliphatic heterocycles. The predicted octanol–water partition coefficient (Wildman–Crippen LogP) is 1.76. The molecule has 0 saturated heterocycles. The maximum absolute atomic E-state index is 12.6. The van der Waals surface area contributed by atoms with Crippen LogP contribution in [0.25, 0.3) is 0 Å². The van der Waals surface area contributed by atoms with Gasteiger partial charge in [0.25, 0.3) is 0 Å². The van der Waals surface area contributed by atoms with E-state index >= 15 is 0 Å². The molecule has 1 aliphatic rings. The minimum absolute atomic E-state index is 0.0504. The molecule has 0 bridgehead atoms. The zero-order valence-electron chi connectivity index (χ0n) is 17.5. The van der Waals surface area contributed by atoms with Gasteiger partial charge < -0.3 is 19.7 Å². The van der Waals surface area contributed by atoms with Crippen LogP contribution in [0.2, 0.25) is 0 Å². The van der Waals surface area contributed by atoms with Crippen molar-refractivity contribution in [3.8, 4) is 5.75 Å². The Bertz CT molecular complexity index is 705. The van der Waals surface area contributed by atoms with Crippen molar-refractivity contribution in [2.75, 3.05) is 52.3 Å². The fraction of sp³-hybridized carbons (Fsp3) is 0.571. The molecule has 0 spiro atoms. The van der Waals surface area contributed by atoms with Crippen LogP contribution < -0.4 is 10.1 Å². The highest BCUT2D eigenvalue weighted by Gasteiger charge is 2.26. The van der Waals surface area contributed by atoms with Crippen molar-refractivity contribution in [3.63, 3.8) is 0 Å². The lowest BCUT2D eigenvalue weighted by Gasteiger charge is -2.24. The largest absolute Gasteiger partial charge is 0.497 e. The second-order valence-electron chi connectivity index (χ2n) is 7.26. The Hall–Kier alpha value is -2.61. The second-order valence-corrected chi connectivity index (χ2v) is 7.26. The highest BCUT2D eigenvalue weighted by molar-refractivity contribution is 5.94. The first kappa shape index (κ1) is 22.7. The second kappa shape index (κ2) is 11.4. The van der Waals surface area contributed by atoms with Gasteiger partial charge >= 0.3 is 5.97 Å². The number of carbonyl (C=O) groups excluding carboxylic acids is 3. The Morgan fingerprint density at radius 2 is 1.97 bits per heavy atom. The van der Waals surface area contributed by atoms with Gasteiger partial charge in [-0.3, -0.25) is 19.3 Å². The van der Waals surface area contributed by atoms with Crippen molar-refractivity contribution < 1.29 is 23.9 Å². The summed E-state index contributed by atoms with van der Waals surface area (Å²) in [5, 5.41) is 2.76. The van der Waals surface area contributed by atoms with E-state index in [1.165, 1.54) is 4.90 Å². The van der Waals surface area contributed by atoms with Crippen molar-refractivity contribution in [1.82, 2.24) is 9.80 Å². The Balaban J connectivity index is 1.82. The molecule has 0 radical (unpaired) electrons. The van der Waals surface area contributed by atoms with E-state index in [4.69, 9.17) is 9.47 Å². The van der Waals surface area contributed by atoms with Crippen molar-refractivity contribution in [2.24, 2.45) is 5.92 Å². The molecule has 1 N–H and O–H groups in total. The molecule has 1 fully saturated rings. The van der Waals surface area contributed by atoms with Crippen LogP contribution in [0.3, 0.4) is 0 Å². The Labute approximate surface area is 172 Å². The summed E-state index contributed by atoms with van der Waals surface area (Å²) in [5.74, 6) is 0.535. The number of hydrogen-bond donors (Lipinski definition) is 1. The third kappa shape index (κ3) is 8.51. The number of ether oxygens (including phenoxy) is 2. The quantitative estimate of drug-likeness (QED) is 0.533. The standard InChI is InChI=1S/C21H31N3O5/c1-4-29-21(27)10-11-24(13-16-8-9-16)15-20(26)23(2)14-19(25)22-17-6-5-7-18(12-17)28-3/h5-7,12,16H,4,8-11,13-15H2,1-3H3,(H,22,25). The van der Waals surface area contributed by atoms with E-state index < -0.39 is 0 Å². The summed E-state index contributed by atoms with van der Waals surface area (Å²) in [4.78, 5) is 39.9. The molecule has 0 aromatic heterocycles. The van der Waals surface area contributed by atoms with Crippen LogP contribution in [0.5, 0.6) is 5.75 Å². The molecule has 1 aromatic rings. The van der Waals surface area contributed by atoms with E-state index in [2.05, 4.69) is 5.32 Å². The molecular formula is C21H31N3O5. The maximum Gasteiger partial charge on any atom is 0.307 e. The first-order valence-electron chi connectivity index (χ1n) is 9.97. The number of nitrogens with one attached hydrogen (secondary N) is 1. The number of esters is 1. The van der Waals surface area contributed by atoms with Gasteiger partial charge in [0, 0.05) is 31.9 Å². The molecule has 8 nitrogen and oxygen atoms in total. The average molecular weight is 405 g/mol. The molecule has 2 amide bonds. The summed E-state index contributed by atoms with van der Waals surface area (Å²) in [6, 6.07) is 7.04. The highest BCUT2D eigenvalue weighted by atomic mass is 16.5. The molecule has 0 unspecified atom stereocenters. The minimum atomic E-state index is -0.283. The number of likely N-dealkylation sites (N-methyl/N-ethyl adjacent to an activating group) is 1. The monoisotopic (exact) mass is 405 g/mol. The van der Waals surface area contributed by atoms with Crippen LogP contribution in [0.1, 0.15) is 26.2 Å². The fourth-order valence-electron chi connectivity index (χ4n) is 2.90. The first-order chi connectivity index (χ1) is 13.9. The number of rotatable bonds is 12. The third-order valence-electron chi connectivity index (χ3n) is 4.67.